The van der Waals surface area contributed by atoms with Crippen molar-refractivity contribution in [1.82, 2.24) is 10.2 Å². The van der Waals surface area contributed by atoms with E-state index in [2.05, 4.69) is 5.32 Å². The molecule has 5 nitrogen and oxygen atoms in total. The lowest BCUT2D eigenvalue weighted by atomic mass is 10.2. The summed E-state index contributed by atoms with van der Waals surface area (Å²) < 4.78 is 0. The van der Waals surface area contributed by atoms with Crippen LogP contribution in [0.4, 0.5) is 0 Å². The van der Waals surface area contributed by atoms with E-state index in [0.717, 1.165) is 5.56 Å². The molecule has 1 aromatic carbocycles. The summed E-state index contributed by atoms with van der Waals surface area (Å²) in [5.74, 6) is -0.577. The Morgan fingerprint density at radius 2 is 1.88 bits per heavy atom. The number of nitrogens with two attached hydrogens (primary N) is 1. The van der Waals surface area contributed by atoms with Crippen LogP contribution in [-0.2, 0) is 16.1 Å². The first-order valence-corrected chi connectivity index (χ1v) is 5.37. The third-order valence-corrected chi connectivity index (χ3v) is 2.27. The van der Waals surface area contributed by atoms with Crippen molar-refractivity contribution in [2.45, 2.75) is 6.54 Å². The second-order valence-electron chi connectivity index (χ2n) is 3.77. The molecule has 0 aliphatic carbocycles. The lowest BCUT2D eigenvalue weighted by molar-refractivity contribution is -0.123. The summed E-state index contributed by atoms with van der Waals surface area (Å²) in [7, 11) is 1.56. The molecule has 0 aliphatic rings. The highest BCUT2D eigenvalue weighted by atomic mass is 16.2. The predicted molar refractivity (Wildman–Crippen MR) is 65.0 cm³/mol. The zero-order chi connectivity index (χ0) is 12.7. The first-order chi connectivity index (χ1) is 8.11. The van der Waals surface area contributed by atoms with Crippen LogP contribution < -0.4 is 11.1 Å². The molecule has 0 bridgehead atoms. The number of nitrogens with one attached hydrogen (secondary N) is 1. The number of primary amides is 1. The fourth-order valence-corrected chi connectivity index (χ4v) is 1.51. The number of rotatable bonds is 6. The van der Waals surface area contributed by atoms with Crippen LogP contribution in [0.1, 0.15) is 5.56 Å². The molecule has 2 amide bonds. The van der Waals surface area contributed by atoms with Crippen molar-refractivity contribution in [3.05, 3.63) is 35.9 Å². The Balaban J connectivity index is 2.63. The standard InChI is InChI=1S/C12H17N3O2/c1-14-12(17)9-15(8-11(13)16)7-10-5-3-2-4-6-10/h2-6H,7-9H2,1H3,(H2,13,16)(H,14,17). The molecular formula is C12H17N3O2. The van der Waals surface area contributed by atoms with Crippen molar-refractivity contribution in [3.63, 3.8) is 0 Å². The number of benzene rings is 1. The van der Waals surface area contributed by atoms with Gasteiger partial charge < -0.3 is 11.1 Å². The van der Waals surface area contributed by atoms with Gasteiger partial charge in [-0.1, -0.05) is 30.3 Å². The Bertz CT molecular complexity index is 379. The molecular weight excluding hydrogens is 218 g/mol. The molecule has 0 aliphatic heterocycles. The Morgan fingerprint density at radius 1 is 1.24 bits per heavy atom. The number of carbonyl (C=O) groups excluding carboxylic acids is 2. The molecule has 0 spiro atoms. The molecule has 5 heteroatoms. The first kappa shape index (κ1) is 13.2. The average molecular weight is 235 g/mol. The van der Waals surface area contributed by atoms with E-state index in [-0.39, 0.29) is 19.0 Å². The van der Waals surface area contributed by atoms with E-state index >= 15 is 0 Å². The molecule has 0 atom stereocenters. The number of likely N-dealkylation sites (N-methyl/N-ethyl adjacent to an activating group) is 1. The van der Waals surface area contributed by atoms with E-state index in [1.165, 1.54) is 0 Å². The van der Waals surface area contributed by atoms with Gasteiger partial charge in [-0.15, -0.1) is 0 Å². The molecule has 0 radical (unpaired) electrons. The molecule has 1 aromatic rings. The normalized spacial score (nSPS) is 10.2. The minimum absolute atomic E-state index is 0.0717. The van der Waals surface area contributed by atoms with Gasteiger partial charge in [0.15, 0.2) is 0 Å². The van der Waals surface area contributed by atoms with Crippen molar-refractivity contribution in [2.24, 2.45) is 5.73 Å². The molecule has 0 aromatic heterocycles. The second kappa shape index (κ2) is 6.65. The van der Waals surface area contributed by atoms with Crippen molar-refractivity contribution >= 4 is 11.8 Å². The predicted octanol–water partition coefficient (Wildman–Crippen LogP) is -0.280. The van der Waals surface area contributed by atoms with Crippen molar-refractivity contribution < 1.29 is 9.59 Å². The molecule has 17 heavy (non-hydrogen) atoms. The van der Waals surface area contributed by atoms with Gasteiger partial charge in [-0.3, -0.25) is 14.5 Å². The van der Waals surface area contributed by atoms with Crippen LogP contribution in [0.15, 0.2) is 30.3 Å². The van der Waals surface area contributed by atoms with Crippen LogP contribution in [0.5, 0.6) is 0 Å². The zero-order valence-electron chi connectivity index (χ0n) is 9.85. The van der Waals surface area contributed by atoms with Crippen molar-refractivity contribution in [3.8, 4) is 0 Å². The number of hydrogen-bond donors (Lipinski definition) is 2. The van der Waals surface area contributed by atoms with E-state index < -0.39 is 5.91 Å². The average Bonchev–Trinajstić information content (AvgIpc) is 2.29. The van der Waals surface area contributed by atoms with Gasteiger partial charge in [0, 0.05) is 13.6 Å². The Hall–Kier alpha value is -1.88. The SMILES string of the molecule is CNC(=O)CN(CC(N)=O)Cc1ccccc1. The quantitative estimate of drug-likeness (QED) is 0.712. The van der Waals surface area contributed by atoms with E-state index in [9.17, 15) is 9.59 Å². The summed E-state index contributed by atoms with van der Waals surface area (Å²) in [6.07, 6.45) is 0. The van der Waals surface area contributed by atoms with Crippen LogP contribution >= 0.6 is 0 Å². The lowest BCUT2D eigenvalue weighted by Crippen LogP contribution is -2.40. The minimum atomic E-state index is -0.440. The number of nitrogens with zero attached hydrogens (tertiary/aromatic N) is 1. The highest BCUT2D eigenvalue weighted by Gasteiger charge is 2.12. The summed E-state index contributed by atoms with van der Waals surface area (Å²) >= 11 is 0. The molecule has 0 unspecified atom stereocenters. The lowest BCUT2D eigenvalue weighted by Gasteiger charge is -2.19. The number of hydrogen-bond acceptors (Lipinski definition) is 3. The zero-order valence-corrected chi connectivity index (χ0v) is 9.85. The second-order valence-corrected chi connectivity index (χ2v) is 3.77. The Labute approximate surface area is 101 Å². The van der Waals surface area contributed by atoms with Crippen molar-refractivity contribution in [2.75, 3.05) is 20.1 Å². The van der Waals surface area contributed by atoms with Gasteiger partial charge in [0.2, 0.25) is 11.8 Å². The summed E-state index contributed by atoms with van der Waals surface area (Å²) in [4.78, 5) is 23.9. The molecule has 1 rings (SSSR count). The van der Waals surface area contributed by atoms with E-state index in [4.69, 9.17) is 5.73 Å². The number of amides is 2. The van der Waals surface area contributed by atoms with Gasteiger partial charge in [-0.2, -0.15) is 0 Å². The minimum Gasteiger partial charge on any atom is -0.369 e. The molecule has 0 saturated carbocycles. The summed E-state index contributed by atoms with van der Waals surface area (Å²) in [6, 6.07) is 9.63. The molecule has 0 heterocycles. The van der Waals surface area contributed by atoms with Crippen LogP contribution in [-0.4, -0.2) is 36.9 Å². The van der Waals surface area contributed by atoms with Crippen molar-refractivity contribution in [1.29, 1.82) is 0 Å². The van der Waals surface area contributed by atoms with Crippen LogP contribution in [0.25, 0.3) is 0 Å². The Kier molecular flexibility index (Phi) is 5.16. The molecule has 92 valence electrons. The van der Waals surface area contributed by atoms with Gasteiger partial charge in [-0.05, 0) is 5.56 Å². The molecule has 0 saturated heterocycles. The van der Waals surface area contributed by atoms with Gasteiger partial charge in [0.1, 0.15) is 0 Å². The maximum absolute atomic E-state index is 11.3. The molecule has 3 N–H and O–H groups in total. The fraction of sp³-hybridized carbons (Fsp3) is 0.333. The Morgan fingerprint density at radius 3 is 2.41 bits per heavy atom. The summed E-state index contributed by atoms with van der Waals surface area (Å²) in [6.45, 7) is 0.758. The third kappa shape index (κ3) is 5.12. The third-order valence-electron chi connectivity index (χ3n) is 2.27. The highest BCUT2D eigenvalue weighted by Crippen LogP contribution is 2.03. The first-order valence-electron chi connectivity index (χ1n) is 5.37. The maximum atomic E-state index is 11.3. The summed E-state index contributed by atoms with van der Waals surface area (Å²) in [5, 5.41) is 2.52. The van der Waals surface area contributed by atoms with E-state index in [1.807, 2.05) is 30.3 Å². The van der Waals surface area contributed by atoms with Gasteiger partial charge >= 0.3 is 0 Å². The van der Waals surface area contributed by atoms with Crippen LogP contribution in [0.3, 0.4) is 0 Å². The maximum Gasteiger partial charge on any atom is 0.233 e. The van der Waals surface area contributed by atoms with Crippen LogP contribution in [0, 0.1) is 0 Å². The molecule has 0 fully saturated rings. The number of carbonyl (C=O) groups is 2. The summed E-state index contributed by atoms with van der Waals surface area (Å²) in [5.41, 5.74) is 6.19. The van der Waals surface area contributed by atoms with Gasteiger partial charge in [-0.25, -0.2) is 0 Å². The smallest absolute Gasteiger partial charge is 0.233 e. The van der Waals surface area contributed by atoms with E-state index in [0.29, 0.717) is 6.54 Å². The van der Waals surface area contributed by atoms with Crippen LogP contribution in [0.2, 0.25) is 0 Å². The topological polar surface area (TPSA) is 75.4 Å². The largest absolute Gasteiger partial charge is 0.369 e. The van der Waals surface area contributed by atoms with Gasteiger partial charge in [0.05, 0.1) is 13.1 Å². The fourth-order valence-electron chi connectivity index (χ4n) is 1.51. The monoisotopic (exact) mass is 235 g/mol. The van der Waals surface area contributed by atoms with Gasteiger partial charge in [0.25, 0.3) is 0 Å². The highest BCUT2D eigenvalue weighted by molar-refractivity contribution is 5.80. The van der Waals surface area contributed by atoms with E-state index in [1.54, 1.807) is 11.9 Å².